The van der Waals surface area contributed by atoms with Gasteiger partial charge in [-0.25, -0.2) is 0 Å². The van der Waals surface area contributed by atoms with Gasteiger partial charge in [-0.15, -0.1) is 13.2 Å². The van der Waals surface area contributed by atoms with Crippen LogP contribution in [0.5, 0.6) is 11.5 Å². The fourth-order valence-corrected chi connectivity index (χ4v) is 5.61. The monoisotopic (exact) mass is 566 g/mol. The summed E-state index contributed by atoms with van der Waals surface area (Å²) in [6.07, 6.45) is -1.81. The van der Waals surface area contributed by atoms with Crippen molar-refractivity contribution in [2.45, 2.75) is 39.3 Å². The average Bonchev–Trinajstić information content (AvgIpc) is 3.30. The molecule has 41 heavy (non-hydrogen) atoms. The Labute approximate surface area is 239 Å². The van der Waals surface area contributed by atoms with E-state index in [-0.39, 0.29) is 5.75 Å². The summed E-state index contributed by atoms with van der Waals surface area (Å²) in [6.45, 7) is 9.14. The van der Waals surface area contributed by atoms with E-state index in [2.05, 4.69) is 62.6 Å². The predicted octanol–water partition coefficient (Wildman–Crippen LogP) is 6.19. The lowest BCUT2D eigenvalue weighted by Gasteiger charge is -2.34. The highest BCUT2D eigenvalue weighted by molar-refractivity contribution is 5.96. The van der Waals surface area contributed by atoms with Crippen LogP contribution in [0.4, 0.5) is 13.2 Å². The molecule has 0 saturated carbocycles. The van der Waals surface area contributed by atoms with Gasteiger partial charge in [0.2, 0.25) is 0 Å². The smallest absolute Gasteiger partial charge is 0.497 e. The van der Waals surface area contributed by atoms with Crippen LogP contribution in [0.3, 0.4) is 0 Å². The number of fused-ring (bicyclic) bond motifs is 1. The zero-order chi connectivity index (χ0) is 29.0. The van der Waals surface area contributed by atoms with Crippen molar-refractivity contribution >= 4 is 10.9 Å². The molecule has 0 unspecified atom stereocenters. The van der Waals surface area contributed by atoms with Gasteiger partial charge in [0.25, 0.3) is 0 Å². The zero-order valence-electron chi connectivity index (χ0n) is 23.6. The van der Waals surface area contributed by atoms with Gasteiger partial charge in [-0.3, -0.25) is 9.80 Å². The fraction of sp³-hybridized carbons (Fsp3) is 0.375. The number of nitrogens with zero attached hydrogens (tertiary/aromatic N) is 3. The number of hydrogen-bond acceptors (Lipinski definition) is 5. The van der Waals surface area contributed by atoms with Crippen LogP contribution in [0.2, 0.25) is 0 Å². The summed E-state index contributed by atoms with van der Waals surface area (Å²) >= 11 is 0. The number of hydrogen-bond donors (Lipinski definition) is 1. The van der Waals surface area contributed by atoms with Crippen molar-refractivity contribution in [3.63, 3.8) is 0 Å². The van der Waals surface area contributed by atoms with Crippen molar-refractivity contribution in [2.24, 2.45) is 5.73 Å². The Morgan fingerprint density at radius 1 is 0.829 bits per heavy atom. The third kappa shape index (κ3) is 7.41. The molecule has 1 aliphatic rings. The lowest BCUT2D eigenvalue weighted by Crippen LogP contribution is -2.45. The molecule has 1 saturated heterocycles. The van der Waals surface area contributed by atoms with Crippen molar-refractivity contribution < 1.29 is 22.6 Å². The molecule has 0 aliphatic carbocycles. The van der Waals surface area contributed by atoms with Gasteiger partial charge in [0.15, 0.2) is 0 Å². The van der Waals surface area contributed by atoms with Crippen LogP contribution >= 0.6 is 0 Å². The Morgan fingerprint density at radius 3 is 2.15 bits per heavy atom. The minimum absolute atomic E-state index is 0.227. The number of methoxy groups -OCH3 is 1. The number of nitrogens with two attached hydrogens (primary N) is 1. The zero-order valence-corrected chi connectivity index (χ0v) is 23.6. The Bertz CT molecular complexity index is 1460. The highest BCUT2D eigenvalue weighted by atomic mass is 19.4. The number of halogens is 3. The number of aromatic nitrogens is 1. The van der Waals surface area contributed by atoms with Gasteiger partial charge in [-0.2, -0.15) is 0 Å². The van der Waals surface area contributed by atoms with Crippen molar-refractivity contribution in [3.8, 4) is 22.6 Å². The van der Waals surface area contributed by atoms with E-state index in [1.54, 1.807) is 19.2 Å². The molecule has 0 bridgehead atoms. The maximum Gasteiger partial charge on any atom is 0.573 e. The Morgan fingerprint density at radius 2 is 1.51 bits per heavy atom. The molecule has 1 fully saturated rings. The number of rotatable bonds is 10. The normalized spacial score (nSPS) is 15.0. The van der Waals surface area contributed by atoms with Gasteiger partial charge in [0.1, 0.15) is 11.5 Å². The topological polar surface area (TPSA) is 55.9 Å². The van der Waals surface area contributed by atoms with Crippen molar-refractivity contribution in [2.75, 3.05) is 39.8 Å². The number of piperazine rings is 1. The number of alkyl halides is 3. The Balaban J connectivity index is 1.30. The Hall–Kier alpha value is -3.53. The molecule has 218 valence electrons. The molecule has 0 atom stereocenters. The first kappa shape index (κ1) is 29.0. The molecule has 4 aromatic rings. The summed E-state index contributed by atoms with van der Waals surface area (Å²) in [6, 6.07) is 19.0. The molecule has 1 aliphatic heterocycles. The maximum atomic E-state index is 12.6. The van der Waals surface area contributed by atoms with Gasteiger partial charge < -0.3 is 19.8 Å². The van der Waals surface area contributed by atoms with Gasteiger partial charge in [0, 0.05) is 68.5 Å². The number of aryl methyl sites for hydroxylation is 2. The van der Waals surface area contributed by atoms with Crippen molar-refractivity contribution in [1.29, 1.82) is 0 Å². The van der Waals surface area contributed by atoms with Gasteiger partial charge >= 0.3 is 6.36 Å². The predicted molar refractivity (Wildman–Crippen MR) is 156 cm³/mol. The number of ether oxygens (including phenoxy) is 2. The van der Waals surface area contributed by atoms with Crippen molar-refractivity contribution in [3.05, 3.63) is 83.6 Å². The maximum absolute atomic E-state index is 12.6. The molecule has 0 radical (unpaired) electrons. The van der Waals surface area contributed by atoms with E-state index < -0.39 is 6.36 Å². The summed E-state index contributed by atoms with van der Waals surface area (Å²) in [4.78, 5) is 4.96. The second-order valence-electron chi connectivity index (χ2n) is 10.7. The summed E-state index contributed by atoms with van der Waals surface area (Å²) in [5.74, 6) is 0.672. The number of benzene rings is 3. The molecule has 0 amide bonds. The summed E-state index contributed by atoms with van der Waals surface area (Å²) in [7, 11) is 1.70. The lowest BCUT2D eigenvalue weighted by molar-refractivity contribution is -0.274. The van der Waals surface area contributed by atoms with Crippen LogP contribution in [0.1, 0.15) is 23.1 Å². The first-order valence-corrected chi connectivity index (χ1v) is 14.0. The minimum Gasteiger partial charge on any atom is -0.497 e. The fourth-order valence-electron chi connectivity index (χ4n) is 5.61. The van der Waals surface area contributed by atoms with E-state index in [0.29, 0.717) is 6.54 Å². The SMILES string of the molecule is COc1cc(C)cc(CN2CCN(Cc3ccc4c(c3)c(-c3ccc(OC(F)(F)F)cc3)cn4CCCN)CC2)c1. The quantitative estimate of drug-likeness (QED) is 0.248. The van der Waals surface area contributed by atoms with Crippen LogP contribution in [-0.2, 0) is 19.6 Å². The van der Waals surface area contributed by atoms with Crippen LogP contribution in [0, 0.1) is 6.92 Å². The van der Waals surface area contributed by atoms with E-state index in [1.165, 1.54) is 28.8 Å². The van der Waals surface area contributed by atoms with E-state index >= 15 is 0 Å². The van der Waals surface area contributed by atoms with E-state index in [0.717, 1.165) is 80.0 Å². The Kier molecular flexibility index (Phi) is 8.87. The molecule has 6 nitrogen and oxygen atoms in total. The van der Waals surface area contributed by atoms with Crippen molar-refractivity contribution in [1.82, 2.24) is 14.4 Å². The molecule has 3 aromatic carbocycles. The molecule has 1 aromatic heterocycles. The molecule has 9 heteroatoms. The second-order valence-corrected chi connectivity index (χ2v) is 10.7. The molecule has 2 N–H and O–H groups in total. The molecule has 0 spiro atoms. The van der Waals surface area contributed by atoms with E-state index in [1.807, 2.05) is 6.07 Å². The van der Waals surface area contributed by atoms with Gasteiger partial charge in [0.05, 0.1) is 7.11 Å². The minimum atomic E-state index is -4.71. The first-order chi connectivity index (χ1) is 19.7. The van der Waals surface area contributed by atoms with Crippen LogP contribution in [0.25, 0.3) is 22.0 Å². The highest BCUT2D eigenvalue weighted by Crippen LogP contribution is 2.34. The third-order valence-electron chi connectivity index (χ3n) is 7.57. The largest absolute Gasteiger partial charge is 0.573 e. The van der Waals surface area contributed by atoms with Gasteiger partial charge in [-0.05, 0) is 78.5 Å². The van der Waals surface area contributed by atoms with Gasteiger partial charge in [-0.1, -0.05) is 24.3 Å². The summed E-state index contributed by atoms with van der Waals surface area (Å²) in [5, 5.41) is 1.08. The summed E-state index contributed by atoms with van der Waals surface area (Å²) < 4.78 is 49.6. The molecular formula is C32H37F3N4O2. The summed E-state index contributed by atoms with van der Waals surface area (Å²) in [5.41, 5.74) is 12.4. The van der Waals surface area contributed by atoms with E-state index in [9.17, 15) is 13.2 Å². The molecular weight excluding hydrogens is 529 g/mol. The molecule has 2 heterocycles. The second kappa shape index (κ2) is 12.5. The first-order valence-electron chi connectivity index (χ1n) is 14.0. The lowest BCUT2D eigenvalue weighted by atomic mass is 10.0. The van der Waals surface area contributed by atoms with Crippen LogP contribution in [0.15, 0.2) is 66.9 Å². The van der Waals surface area contributed by atoms with Crippen LogP contribution < -0.4 is 15.2 Å². The average molecular weight is 567 g/mol. The molecule has 5 rings (SSSR count). The third-order valence-corrected chi connectivity index (χ3v) is 7.57. The highest BCUT2D eigenvalue weighted by Gasteiger charge is 2.31. The van der Waals surface area contributed by atoms with E-state index in [4.69, 9.17) is 10.5 Å². The van der Waals surface area contributed by atoms with Crippen LogP contribution in [-0.4, -0.2) is 60.6 Å². The standard InChI is InChI=1S/C32H37F3N4O2/c1-23-16-25(18-28(17-23)40-2)21-38-14-12-37(13-15-38)20-24-4-9-31-29(19-24)30(22-39(31)11-3-10-36)26-5-7-27(8-6-26)41-32(33,34)35/h4-9,16-19,22H,3,10-15,20-21,36H2,1-2H3.